The minimum atomic E-state index is -0.325. The predicted octanol–water partition coefficient (Wildman–Crippen LogP) is -0.520. The molecule has 0 saturated carbocycles. The average Bonchev–Trinajstić information content (AvgIpc) is 2.80. The summed E-state index contributed by atoms with van der Waals surface area (Å²) in [4.78, 5) is 15.4. The van der Waals surface area contributed by atoms with E-state index in [0.29, 0.717) is 25.6 Å². The fourth-order valence-corrected chi connectivity index (χ4v) is 1.43. The van der Waals surface area contributed by atoms with Gasteiger partial charge in [0, 0.05) is 13.1 Å². The maximum atomic E-state index is 11.4. The Hall–Kier alpha value is -1.47. The van der Waals surface area contributed by atoms with Crippen LogP contribution in [0.4, 0.5) is 0 Å². The van der Waals surface area contributed by atoms with Crippen LogP contribution in [0.5, 0.6) is 0 Å². The van der Waals surface area contributed by atoms with E-state index in [0.717, 1.165) is 6.54 Å². The van der Waals surface area contributed by atoms with Gasteiger partial charge in [-0.2, -0.15) is 4.98 Å². The van der Waals surface area contributed by atoms with E-state index in [-0.39, 0.29) is 17.8 Å². The van der Waals surface area contributed by atoms with Gasteiger partial charge in [-0.3, -0.25) is 4.79 Å². The number of ether oxygens (including phenoxy) is 1. The Labute approximate surface area is 92.5 Å². The van der Waals surface area contributed by atoms with Crippen LogP contribution in [-0.4, -0.2) is 42.4 Å². The Kier molecular flexibility index (Phi) is 3.47. The average molecular weight is 226 g/mol. The van der Waals surface area contributed by atoms with Crippen molar-refractivity contribution in [2.45, 2.75) is 13.0 Å². The molecule has 1 aliphatic heterocycles. The molecule has 2 heterocycles. The summed E-state index contributed by atoms with van der Waals surface area (Å²) >= 11 is 0. The Balaban J connectivity index is 2.03. The first kappa shape index (κ1) is 11.0. The quantitative estimate of drug-likeness (QED) is 0.721. The summed E-state index contributed by atoms with van der Waals surface area (Å²) < 4.78 is 10.3. The molecule has 0 aromatic carbocycles. The molecule has 0 aliphatic carbocycles. The van der Waals surface area contributed by atoms with Gasteiger partial charge in [-0.05, 0) is 6.92 Å². The van der Waals surface area contributed by atoms with Crippen molar-refractivity contribution < 1.29 is 14.1 Å². The second-order valence-electron chi connectivity index (χ2n) is 3.40. The SMILES string of the molecule is CCNC(=O)c1noc(C2COCCN2)n1. The zero-order chi connectivity index (χ0) is 11.4. The molecule has 1 unspecified atom stereocenters. The minimum absolute atomic E-state index is 0.0595. The van der Waals surface area contributed by atoms with E-state index in [1.54, 1.807) is 0 Å². The molecule has 2 rings (SSSR count). The zero-order valence-electron chi connectivity index (χ0n) is 9.02. The van der Waals surface area contributed by atoms with Crippen LogP contribution in [0.2, 0.25) is 0 Å². The highest BCUT2D eigenvalue weighted by atomic mass is 16.5. The first-order chi connectivity index (χ1) is 7.81. The highest BCUT2D eigenvalue weighted by molar-refractivity contribution is 5.90. The smallest absolute Gasteiger partial charge is 0.292 e. The number of amides is 1. The van der Waals surface area contributed by atoms with Crippen LogP contribution in [0, 0.1) is 0 Å². The Morgan fingerprint density at radius 3 is 3.25 bits per heavy atom. The van der Waals surface area contributed by atoms with Crippen molar-refractivity contribution in [1.29, 1.82) is 0 Å². The minimum Gasteiger partial charge on any atom is -0.378 e. The molecular formula is C9H14N4O3. The first-order valence-electron chi connectivity index (χ1n) is 5.24. The third-order valence-electron chi connectivity index (χ3n) is 2.20. The Morgan fingerprint density at radius 1 is 1.69 bits per heavy atom. The number of nitrogens with one attached hydrogen (secondary N) is 2. The molecule has 1 fully saturated rings. The molecule has 2 N–H and O–H groups in total. The molecule has 16 heavy (non-hydrogen) atoms. The van der Waals surface area contributed by atoms with Gasteiger partial charge < -0.3 is 19.9 Å². The van der Waals surface area contributed by atoms with Crippen LogP contribution in [0.15, 0.2) is 4.52 Å². The lowest BCUT2D eigenvalue weighted by Gasteiger charge is -2.20. The van der Waals surface area contributed by atoms with Crippen LogP contribution < -0.4 is 10.6 Å². The van der Waals surface area contributed by atoms with Gasteiger partial charge in [-0.25, -0.2) is 0 Å². The van der Waals surface area contributed by atoms with Gasteiger partial charge in [0.15, 0.2) is 0 Å². The summed E-state index contributed by atoms with van der Waals surface area (Å²) in [7, 11) is 0. The summed E-state index contributed by atoms with van der Waals surface area (Å²) in [6.07, 6.45) is 0. The molecule has 1 amide bonds. The van der Waals surface area contributed by atoms with Gasteiger partial charge in [0.2, 0.25) is 5.89 Å². The topological polar surface area (TPSA) is 89.3 Å². The molecule has 0 bridgehead atoms. The molecule has 88 valence electrons. The van der Waals surface area contributed by atoms with E-state index in [4.69, 9.17) is 9.26 Å². The summed E-state index contributed by atoms with van der Waals surface area (Å²) in [5.41, 5.74) is 0. The number of aromatic nitrogens is 2. The molecule has 1 atom stereocenters. The Morgan fingerprint density at radius 2 is 2.56 bits per heavy atom. The van der Waals surface area contributed by atoms with E-state index in [9.17, 15) is 4.79 Å². The first-order valence-corrected chi connectivity index (χ1v) is 5.24. The maximum absolute atomic E-state index is 11.4. The Bertz CT molecular complexity index is 359. The summed E-state index contributed by atoms with van der Waals surface area (Å²) in [6, 6.07) is -0.121. The van der Waals surface area contributed by atoms with E-state index in [1.165, 1.54) is 0 Å². The fraction of sp³-hybridized carbons (Fsp3) is 0.667. The van der Waals surface area contributed by atoms with Crippen molar-refractivity contribution in [3.63, 3.8) is 0 Å². The molecule has 7 heteroatoms. The zero-order valence-corrected chi connectivity index (χ0v) is 9.02. The van der Waals surface area contributed by atoms with Crippen molar-refractivity contribution in [1.82, 2.24) is 20.8 Å². The predicted molar refractivity (Wildman–Crippen MR) is 53.9 cm³/mol. The van der Waals surface area contributed by atoms with Crippen LogP contribution in [-0.2, 0) is 4.74 Å². The number of hydrogen-bond donors (Lipinski definition) is 2. The number of morpholine rings is 1. The summed E-state index contributed by atoms with van der Waals surface area (Å²) in [5.74, 6) is 0.124. The number of hydrogen-bond acceptors (Lipinski definition) is 6. The number of nitrogens with zero attached hydrogens (tertiary/aromatic N) is 2. The molecule has 1 aromatic heterocycles. The van der Waals surface area contributed by atoms with E-state index >= 15 is 0 Å². The van der Waals surface area contributed by atoms with Gasteiger partial charge in [0.05, 0.1) is 13.2 Å². The van der Waals surface area contributed by atoms with Gasteiger partial charge in [-0.1, -0.05) is 5.16 Å². The molecule has 1 aliphatic rings. The highest BCUT2D eigenvalue weighted by Crippen LogP contribution is 2.13. The third kappa shape index (κ3) is 2.37. The van der Waals surface area contributed by atoms with Gasteiger partial charge in [0.1, 0.15) is 6.04 Å². The lowest BCUT2D eigenvalue weighted by atomic mass is 10.3. The van der Waals surface area contributed by atoms with Gasteiger partial charge in [-0.15, -0.1) is 0 Å². The van der Waals surface area contributed by atoms with E-state index < -0.39 is 0 Å². The van der Waals surface area contributed by atoms with Crippen LogP contribution in [0.3, 0.4) is 0 Å². The van der Waals surface area contributed by atoms with E-state index in [2.05, 4.69) is 20.8 Å². The highest BCUT2D eigenvalue weighted by Gasteiger charge is 2.23. The number of carbonyl (C=O) groups excluding carboxylic acids is 1. The van der Waals surface area contributed by atoms with Crippen LogP contribution >= 0.6 is 0 Å². The largest absolute Gasteiger partial charge is 0.378 e. The van der Waals surface area contributed by atoms with Crippen molar-refractivity contribution in [2.24, 2.45) is 0 Å². The third-order valence-corrected chi connectivity index (χ3v) is 2.20. The van der Waals surface area contributed by atoms with Crippen molar-refractivity contribution in [3.05, 3.63) is 11.7 Å². The lowest BCUT2D eigenvalue weighted by molar-refractivity contribution is 0.0659. The second kappa shape index (κ2) is 5.04. The monoisotopic (exact) mass is 226 g/mol. The van der Waals surface area contributed by atoms with Crippen molar-refractivity contribution in [3.8, 4) is 0 Å². The van der Waals surface area contributed by atoms with E-state index in [1.807, 2.05) is 6.92 Å². The fourth-order valence-electron chi connectivity index (χ4n) is 1.43. The maximum Gasteiger partial charge on any atom is 0.292 e. The normalized spacial score (nSPS) is 20.7. The molecule has 1 aromatic rings. The van der Waals surface area contributed by atoms with Gasteiger partial charge >= 0.3 is 0 Å². The van der Waals surface area contributed by atoms with Gasteiger partial charge in [0.25, 0.3) is 11.7 Å². The van der Waals surface area contributed by atoms with Crippen molar-refractivity contribution in [2.75, 3.05) is 26.3 Å². The molecule has 0 radical (unpaired) electrons. The molecule has 0 spiro atoms. The molecular weight excluding hydrogens is 212 g/mol. The van der Waals surface area contributed by atoms with Crippen LogP contribution in [0.25, 0.3) is 0 Å². The summed E-state index contributed by atoms with van der Waals surface area (Å²) in [5, 5.41) is 9.39. The lowest BCUT2D eigenvalue weighted by Crippen LogP contribution is -2.34. The summed E-state index contributed by atoms with van der Waals surface area (Å²) in [6.45, 7) is 4.26. The number of rotatable bonds is 3. The second-order valence-corrected chi connectivity index (χ2v) is 3.40. The standard InChI is InChI=1S/C9H14N4O3/c1-2-10-8(14)7-12-9(16-13-7)6-5-15-4-3-11-6/h6,11H,2-5H2,1H3,(H,10,14). The number of carbonyl (C=O) groups is 1. The molecule has 7 nitrogen and oxygen atoms in total. The van der Waals surface area contributed by atoms with Crippen molar-refractivity contribution >= 4 is 5.91 Å². The van der Waals surface area contributed by atoms with Crippen LogP contribution in [0.1, 0.15) is 29.5 Å². The molecule has 1 saturated heterocycles.